The molecule has 3 heteroatoms. The first-order valence-electron chi connectivity index (χ1n) is 20.0. The Labute approximate surface area is 340 Å². The van der Waals surface area contributed by atoms with Crippen molar-refractivity contribution in [2.75, 3.05) is 0 Å². The Kier molecular flexibility index (Phi) is 10.8. The van der Waals surface area contributed by atoms with E-state index >= 15 is 0 Å². The predicted molar refractivity (Wildman–Crippen MR) is 213 cm³/mol. The molecule has 274 valence electrons. The van der Waals surface area contributed by atoms with Gasteiger partial charge in [0, 0.05) is 0 Å². The monoisotopic (exact) mass is 816 g/mol. The van der Waals surface area contributed by atoms with Crippen molar-refractivity contribution in [1.82, 2.24) is 0 Å². The zero-order valence-electron chi connectivity index (χ0n) is 32.7. The second-order valence-corrected chi connectivity index (χ2v) is 25.2. The van der Waals surface area contributed by atoms with Crippen LogP contribution in [0.25, 0.3) is 11.1 Å². The van der Waals surface area contributed by atoms with Crippen LogP contribution in [0.5, 0.6) is 0 Å². The molecular formula is C50H56Cl2Zr. The molecule has 0 N–H and O–H groups in total. The summed E-state index contributed by atoms with van der Waals surface area (Å²) in [4.78, 5) is 0. The molecule has 4 fully saturated rings. The number of benzene rings is 4. The summed E-state index contributed by atoms with van der Waals surface area (Å²) in [6.45, 7) is 16.8. The van der Waals surface area contributed by atoms with E-state index in [1.807, 2.05) is 3.28 Å². The van der Waals surface area contributed by atoms with Gasteiger partial charge in [-0.25, -0.2) is 0 Å². The van der Waals surface area contributed by atoms with Crippen LogP contribution in [0, 0.1) is 35.5 Å². The number of fused-ring (bicyclic) bond motifs is 3. The number of rotatable bonds is 5. The molecule has 0 saturated heterocycles. The van der Waals surface area contributed by atoms with Crippen LogP contribution in [-0.2, 0) is 32.1 Å². The molecule has 4 bridgehead atoms. The summed E-state index contributed by atoms with van der Waals surface area (Å²) in [7, 11) is 0. The van der Waals surface area contributed by atoms with Gasteiger partial charge in [-0.15, -0.1) is 0 Å². The SMILES string of the molecule is CC1C=C(C2C3CC4CC(C3)CC2C4)C=[C]1[Zr+2](=[C](c1ccccc1)c1ccccc1)[CH]1c2ccc(C(C)(C)C)cc2-c2cc(C(C)(C)C)ccc21.[Cl-].[Cl-]. The van der Waals surface area contributed by atoms with Crippen LogP contribution in [0.2, 0.25) is 0 Å². The van der Waals surface area contributed by atoms with Gasteiger partial charge in [0.05, 0.1) is 0 Å². The molecule has 53 heavy (non-hydrogen) atoms. The third kappa shape index (κ3) is 6.93. The molecule has 4 aromatic carbocycles. The molecule has 4 saturated carbocycles. The standard InChI is InChI=1S/C21H25.C16H21.C13H10.2ClH.Zr/c1-20(2,3)16-9-7-14-11-15-8-10-17(21(4,5)6)13-19(15)18(14)12-16;1-10-2-3-13(4-10)16-14-6-11-5-12(8-14)9-15(16)7-11;1-3-7-12(8-4-1)11-13-9-5-2-6-10-13;;;/h7-13H,1-6H3;3-4,10-12,14-16H,5-9H2,1H3;1-10H;2*1H;/q;;;;;+2/p-2. The van der Waals surface area contributed by atoms with Crippen molar-refractivity contribution in [2.24, 2.45) is 35.5 Å². The Balaban J connectivity index is 0.00000218. The van der Waals surface area contributed by atoms with E-state index in [4.69, 9.17) is 0 Å². The molecule has 1 unspecified atom stereocenters. The average Bonchev–Trinajstić information content (AvgIpc) is 3.63. The molecule has 0 aromatic heterocycles. The first-order valence-corrected chi connectivity index (χ1v) is 23.9. The Morgan fingerprint density at radius 2 is 1.04 bits per heavy atom. The van der Waals surface area contributed by atoms with Crippen LogP contribution in [0.3, 0.4) is 0 Å². The average molecular weight is 819 g/mol. The number of hydrogen-bond donors (Lipinski definition) is 0. The van der Waals surface area contributed by atoms with Crippen molar-refractivity contribution < 1.29 is 46.1 Å². The maximum atomic E-state index is 2.85. The van der Waals surface area contributed by atoms with Crippen LogP contribution < -0.4 is 24.8 Å². The zero-order valence-corrected chi connectivity index (χ0v) is 36.7. The third-order valence-corrected chi connectivity index (χ3v) is 22.3. The van der Waals surface area contributed by atoms with Gasteiger partial charge < -0.3 is 24.8 Å². The van der Waals surface area contributed by atoms with Crippen molar-refractivity contribution >= 4 is 3.21 Å². The normalized spacial score (nSPS) is 25.3. The topological polar surface area (TPSA) is 0 Å². The smallest absolute Gasteiger partial charge is 1.00 e. The molecule has 0 heterocycles. The van der Waals surface area contributed by atoms with Crippen molar-refractivity contribution in [3.8, 4) is 11.1 Å². The fourth-order valence-corrected chi connectivity index (χ4v) is 20.9. The fourth-order valence-electron chi connectivity index (χ4n) is 11.4. The number of hydrogen-bond acceptors (Lipinski definition) is 0. The van der Waals surface area contributed by atoms with E-state index in [1.165, 1.54) is 65.5 Å². The molecule has 1 atom stereocenters. The second kappa shape index (κ2) is 14.6. The number of halogens is 2. The van der Waals surface area contributed by atoms with E-state index in [9.17, 15) is 0 Å². The maximum Gasteiger partial charge on any atom is -1.00 e. The summed E-state index contributed by atoms with van der Waals surface area (Å²) >= 11 is -2.86. The van der Waals surface area contributed by atoms with E-state index in [0.29, 0.717) is 9.54 Å². The van der Waals surface area contributed by atoms with Crippen molar-refractivity contribution in [3.05, 3.63) is 151 Å². The van der Waals surface area contributed by atoms with E-state index in [2.05, 4.69) is 158 Å². The molecule has 4 aromatic rings. The minimum absolute atomic E-state index is 0. The third-order valence-electron chi connectivity index (χ3n) is 13.6. The maximum absolute atomic E-state index is 2.86. The summed E-state index contributed by atoms with van der Waals surface area (Å²) in [5, 5.41) is 0. The van der Waals surface area contributed by atoms with Crippen LogP contribution in [0.15, 0.2) is 118 Å². The van der Waals surface area contributed by atoms with Gasteiger partial charge in [-0.2, -0.15) is 0 Å². The molecule has 0 amide bonds. The Morgan fingerprint density at radius 1 is 0.585 bits per heavy atom. The van der Waals surface area contributed by atoms with Gasteiger partial charge in [-0.1, -0.05) is 0 Å². The molecule has 10 rings (SSSR count). The van der Waals surface area contributed by atoms with Gasteiger partial charge in [-0.3, -0.25) is 0 Å². The minimum atomic E-state index is -2.86. The van der Waals surface area contributed by atoms with E-state index in [1.54, 1.807) is 19.9 Å². The first-order chi connectivity index (χ1) is 24.4. The minimum Gasteiger partial charge on any atom is -1.00 e. The molecule has 0 nitrogen and oxygen atoms in total. The first kappa shape index (κ1) is 38.9. The Bertz CT molecular complexity index is 1960. The van der Waals surface area contributed by atoms with Gasteiger partial charge in [-0.05, 0) is 0 Å². The second-order valence-electron chi connectivity index (χ2n) is 19.1. The van der Waals surface area contributed by atoms with E-state index < -0.39 is 21.3 Å². The van der Waals surface area contributed by atoms with Crippen molar-refractivity contribution in [1.29, 1.82) is 0 Å². The van der Waals surface area contributed by atoms with Crippen LogP contribution >= 0.6 is 0 Å². The van der Waals surface area contributed by atoms with Gasteiger partial charge in [0.15, 0.2) is 0 Å². The summed E-state index contributed by atoms with van der Waals surface area (Å²) in [5.41, 5.74) is 13.8. The van der Waals surface area contributed by atoms with E-state index in [-0.39, 0.29) is 35.6 Å². The molecule has 0 spiro atoms. The zero-order chi connectivity index (χ0) is 35.2. The van der Waals surface area contributed by atoms with Gasteiger partial charge >= 0.3 is 318 Å². The summed E-state index contributed by atoms with van der Waals surface area (Å²) < 4.78 is 3.91. The van der Waals surface area contributed by atoms with E-state index in [0.717, 1.165) is 29.6 Å². The quantitative estimate of drug-likeness (QED) is 0.209. The van der Waals surface area contributed by atoms with Crippen LogP contribution in [0.1, 0.15) is 118 Å². The summed E-state index contributed by atoms with van der Waals surface area (Å²) in [6.07, 6.45) is 13.1. The summed E-state index contributed by atoms with van der Waals surface area (Å²) in [6, 6.07) is 38.4. The predicted octanol–water partition coefficient (Wildman–Crippen LogP) is 6.78. The van der Waals surface area contributed by atoms with Crippen LogP contribution in [-0.4, -0.2) is 3.21 Å². The molecule has 6 aliphatic rings. The van der Waals surface area contributed by atoms with Crippen molar-refractivity contribution in [3.63, 3.8) is 0 Å². The van der Waals surface area contributed by atoms with Gasteiger partial charge in [0.25, 0.3) is 0 Å². The summed E-state index contributed by atoms with van der Waals surface area (Å²) in [5.74, 6) is 5.12. The van der Waals surface area contributed by atoms with Gasteiger partial charge in [0.1, 0.15) is 0 Å². The Hall–Kier alpha value is -2.31. The molecular weight excluding hydrogens is 763 g/mol. The largest absolute Gasteiger partial charge is 1.00 e. The molecule has 6 aliphatic carbocycles. The number of allylic oxidation sites excluding steroid dienone is 4. The van der Waals surface area contributed by atoms with Crippen LogP contribution in [0.4, 0.5) is 0 Å². The van der Waals surface area contributed by atoms with Gasteiger partial charge in [0.2, 0.25) is 0 Å². The molecule has 0 radical (unpaired) electrons. The molecule has 0 aliphatic heterocycles. The van der Waals surface area contributed by atoms with Crippen molar-refractivity contribution in [2.45, 2.75) is 95.0 Å². The fraction of sp³-hybridized carbons (Fsp3) is 0.420. The Morgan fingerprint density at radius 3 is 1.47 bits per heavy atom.